The quantitative estimate of drug-likeness (QED) is 0.370. The maximum absolute atomic E-state index is 12.8. The Morgan fingerprint density at radius 2 is 1.06 bits per heavy atom. The van der Waals surface area contributed by atoms with E-state index in [1.54, 1.807) is 48.5 Å². The number of rotatable bonds is 8. The van der Waals surface area contributed by atoms with Crippen LogP contribution < -0.4 is 0 Å². The van der Waals surface area contributed by atoms with Crippen molar-refractivity contribution < 1.29 is 25.2 Å². The Bertz CT molecular complexity index is 1180. The highest BCUT2D eigenvalue weighted by Crippen LogP contribution is 2.57. The molecular weight excluding hydrogens is 472 g/mol. The molecule has 6 nitrogen and oxygen atoms in total. The van der Waals surface area contributed by atoms with Crippen molar-refractivity contribution in [3.05, 3.63) is 70.8 Å². The van der Waals surface area contributed by atoms with E-state index in [2.05, 4.69) is 13.8 Å². The number of hydrogen-bond donors (Lipinski definition) is 0. The van der Waals surface area contributed by atoms with Gasteiger partial charge < -0.3 is 0 Å². The van der Waals surface area contributed by atoms with Crippen molar-refractivity contribution >= 4 is 20.2 Å². The molecule has 2 aliphatic carbocycles. The summed E-state index contributed by atoms with van der Waals surface area (Å²) in [6, 6.07) is 13.1. The van der Waals surface area contributed by atoms with Crippen LogP contribution in [0.5, 0.6) is 0 Å². The summed E-state index contributed by atoms with van der Waals surface area (Å²) in [7, 11) is -7.82. The predicted octanol–water partition coefficient (Wildman–Crippen LogP) is 5.02. The summed E-state index contributed by atoms with van der Waals surface area (Å²) in [6.07, 6.45) is 1.90. The SMILES string of the molecule is CC(C)=C1[C@H]2CC[C@H]1[C@H](COS(=O)(=O)c1ccc(C)cc1)[C@H]2COS(=O)(=O)c1ccc(C)cc1. The third-order valence-electron chi connectivity index (χ3n) is 7.20. The molecule has 0 heterocycles. The molecule has 0 N–H and O–H groups in total. The summed E-state index contributed by atoms with van der Waals surface area (Å²) in [6.45, 7) is 7.92. The molecule has 2 bridgehead atoms. The van der Waals surface area contributed by atoms with Gasteiger partial charge in [0.2, 0.25) is 0 Å². The van der Waals surface area contributed by atoms with Gasteiger partial charge in [-0.05, 0) is 88.5 Å². The first-order valence-corrected chi connectivity index (χ1v) is 14.4. The molecule has 4 rings (SSSR count). The average molecular weight is 505 g/mol. The second kappa shape index (κ2) is 9.57. The summed E-state index contributed by atoms with van der Waals surface area (Å²) in [5.41, 5.74) is 4.45. The second-order valence-corrected chi connectivity index (χ2v) is 12.9. The highest BCUT2D eigenvalue weighted by atomic mass is 32.2. The molecule has 0 unspecified atom stereocenters. The Kier molecular flexibility index (Phi) is 7.06. The lowest BCUT2D eigenvalue weighted by atomic mass is 9.80. The van der Waals surface area contributed by atoms with Crippen LogP contribution in [0.3, 0.4) is 0 Å². The van der Waals surface area contributed by atoms with Crippen LogP contribution in [0.15, 0.2) is 69.5 Å². The van der Waals surface area contributed by atoms with Gasteiger partial charge in [-0.3, -0.25) is 8.37 Å². The summed E-state index contributed by atoms with van der Waals surface area (Å²) in [4.78, 5) is 0.247. The van der Waals surface area contributed by atoms with Gasteiger partial charge in [0.05, 0.1) is 23.0 Å². The largest absolute Gasteiger partial charge is 0.296 e. The highest BCUT2D eigenvalue weighted by molar-refractivity contribution is 7.87. The van der Waals surface area contributed by atoms with Crippen LogP contribution in [-0.2, 0) is 28.6 Å². The third-order valence-corrected chi connectivity index (χ3v) is 9.79. The Hall–Kier alpha value is -2.00. The van der Waals surface area contributed by atoms with E-state index >= 15 is 0 Å². The van der Waals surface area contributed by atoms with Crippen molar-refractivity contribution in [2.24, 2.45) is 23.7 Å². The molecule has 0 radical (unpaired) electrons. The normalized spacial score (nSPS) is 24.5. The minimum Gasteiger partial charge on any atom is -0.266 e. The molecule has 2 aliphatic rings. The van der Waals surface area contributed by atoms with E-state index in [9.17, 15) is 16.8 Å². The standard InChI is InChI=1S/C26H32O6S2/c1-17(2)26-22-13-14-23(26)25(16-32-34(29,30)21-11-7-19(4)8-12-21)24(22)15-31-33(27,28)20-9-5-18(3)6-10-20/h5-12,22-25H,13-16H2,1-4H3/t22-,23-,24-,25-/m0/s1. The van der Waals surface area contributed by atoms with Gasteiger partial charge in [-0.15, -0.1) is 0 Å². The lowest BCUT2D eigenvalue weighted by Gasteiger charge is -2.29. The zero-order valence-electron chi connectivity index (χ0n) is 20.0. The molecule has 0 spiro atoms. The van der Waals surface area contributed by atoms with E-state index in [4.69, 9.17) is 8.37 Å². The highest BCUT2D eigenvalue weighted by Gasteiger charge is 2.52. The molecule has 2 aromatic carbocycles. The van der Waals surface area contributed by atoms with E-state index in [1.165, 1.54) is 11.1 Å². The maximum Gasteiger partial charge on any atom is 0.296 e. The van der Waals surface area contributed by atoms with Gasteiger partial charge in [-0.1, -0.05) is 46.5 Å². The van der Waals surface area contributed by atoms with Crippen molar-refractivity contribution in [3.63, 3.8) is 0 Å². The fraction of sp³-hybridized carbons (Fsp3) is 0.462. The Balaban J connectivity index is 1.53. The molecule has 2 saturated carbocycles. The maximum atomic E-state index is 12.8. The van der Waals surface area contributed by atoms with Crippen molar-refractivity contribution in [2.75, 3.05) is 13.2 Å². The first-order chi connectivity index (χ1) is 16.0. The molecule has 0 saturated heterocycles. The monoisotopic (exact) mass is 504 g/mol. The number of fused-ring (bicyclic) bond motifs is 2. The topological polar surface area (TPSA) is 86.7 Å². The molecule has 0 aliphatic heterocycles. The Morgan fingerprint density at radius 3 is 1.38 bits per heavy atom. The number of aryl methyl sites for hydroxylation is 2. The van der Waals surface area contributed by atoms with Crippen LogP contribution in [-0.4, -0.2) is 30.0 Å². The van der Waals surface area contributed by atoms with Crippen LogP contribution in [0.2, 0.25) is 0 Å². The van der Waals surface area contributed by atoms with Crippen LogP contribution in [0.1, 0.15) is 37.8 Å². The first-order valence-electron chi connectivity index (χ1n) is 11.6. The summed E-state index contributed by atoms with van der Waals surface area (Å²) >= 11 is 0. The number of allylic oxidation sites excluding steroid dienone is 2. The summed E-state index contributed by atoms with van der Waals surface area (Å²) < 4.78 is 62.2. The van der Waals surface area contributed by atoms with Gasteiger partial charge >= 0.3 is 0 Å². The van der Waals surface area contributed by atoms with Gasteiger partial charge in [-0.25, -0.2) is 0 Å². The zero-order chi connectivity index (χ0) is 24.7. The first kappa shape index (κ1) is 25.1. The van der Waals surface area contributed by atoms with Crippen LogP contribution >= 0.6 is 0 Å². The van der Waals surface area contributed by atoms with E-state index in [1.807, 2.05) is 13.8 Å². The molecule has 184 valence electrons. The molecule has 8 heteroatoms. The van der Waals surface area contributed by atoms with Gasteiger partial charge in [0.15, 0.2) is 0 Å². The Morgan fingerprint density at radius 1 is 0.706 bits per heavy atom. The van der Waals surface area contributed by atoms with Crippen LogP contribution in [0.25, 0.3) is 0 Å². The number of hydrogen-bond acceptors (Lipinski definition) is 6. The van der Waals surface area contributed by atoms with Crippen molar-refractivity contribution in [1.82, 2.24) is 0 Å². The Labute approximate surface area is 203 Å². The smallest absolute Gasteiger partial charge is 0.266 e. The fourth-order valence-corrected chi connectivity index (χ4v) is 7.42. The van der Waals surface area contributed by atoms with Gasteiger partial charge in [0, 0.05) is 0 Å². The number of benzene rings is 2. The molecule has 2 fully saturated rings. The van der Waals surface area contributed by atoms with Gasteiger partial charge in [0.25, 0.3) is 20.2 Å². The lowest BCUT2D eigenvalue weighted by molar-refractivity contribution is 0.101. The van der Waals surface area contributed by atoms with Gasteiger partial charge in [-0.2, -0.15) is 16.8 Å². The van der Waals surface area contributed by atoms with E-state index < -0.39 is 20.2 Å². The minimum atomic E-state index is -3.91. The molecule has 0 amide bonds. The van der Waals surface area contributed by atoms with Crippen molar-refractivity contribution in [2.45, 2.75) is 50.3 Å². The molecule has 2 aromatic rings. The zero-order valence-corrected chi connectivity index (χ0v) is 21.7. The van der Waals surface area contributed by atoms with E-state index in [-0.39, 0.29) is 46.7 Å². The van der Waals surface area contributed by atoms with Crippen molar-refractivity contribution in [1.29, 1.82) is 0 Å². The van der Waals surface area contributed by atoms with Crippen LogP contribution in [0, 0.1) is 37.5 Å². The lowest BCUT2D eigenvalue weighted by Crippen LogP contribution is -2.31. The average Bonchev–Trinajstić information content (AvgIpc) is 3.34. The predicted molar refractivity (Wildman–Crippen MR) is 130 cm³/mol. The van der Waals surface area contributed by atoms with Gasteiger partial charge in [0.1, 0.15) is 0 Å². The third kappa shape index (κ3) is 5.00. The summed E-state index contributed by atoms with van der Waals surface area (Å²) in [5.74, 6) is 0.104. The van der Waals surface area contributed by atoms with Crippen LogP contribution in [0.4, 0.5) is 0 Å². The molecule has 4 atom stereocenters. The van der Waals surface area contributed by atoms with Crippen molar-refractivity contribution in [3.8, 4) is 0 Å². The molecule has 34 heavy (non-hydrogen) atoms. The molecular formula is C26H32O6S2. The minimum absolute atomic E-state index is 0.00671. The van der Waals surface area contributed by atoms with E-state index in [0.29, 0.717) is 0 Å². The second-order valence-electron chi connectivity index (χ2n) is 9.68. The summed E-state index contributed by atoms with van der Waals surface area (Å²) in [5, 5.41) is 0. The van der Waals surface area contributed by atoms with E-state index in [0.717, 1.165) is 24.0 Å². The fourth-order valence-electron chi connectivity index (χ4n) is 5.53. The molecule has 0 aromatic heterocycles.